The minimum atomic E-state index is -0.410. The van der Waals surface area contributed by atoms with Gasteiger partial charge in [0.05, 0.1) is 11.6 Å². The van der Waals surface area contributed by atoms with Crippen molar-refractivity contribution in [2.45, 2.75) is 6.92 Å². The highest BCUT2D eigenvalue weighted by atomic mass is 127. The number of imidazole rings is 1. The van der Waals surface area contributed by atoms with Gasteiger partial charge in [-0.05, 0) is 41.6 Å². The maximum Gasteiger partial charge on any atom is 0.359 e. The zero-order valence-electron chi connectivity index (χ0n) is 8.41. The molecule has 6 heteroatoms. The van der Waals surface area contributed by atoms with Crippen molar-refractivity contribution in [3.05, 3.63) is 32.7 Å². The van der Waals surface area contributed by atoms with Gasteiger partial charge in [0.15, 0.2) is 5.69 Å². The van der Waals surface area contributed by atoms with E-state index in [4.69, 9.17) is 16.3 Å². The van der Waals surface area contributed by atoms with Crippen LogP contribution in [0, 0.1) is 3.70 Å². The van der Waals surface area contributed by atoms with Gasteiger partial charge in [0.1, 0.15) is 9.35 Å². The summed E-state index contributed by atoms with van der Waals surface area (Å²) >= 11 is 7.92. The van der Waals surface area contributed by atoms with Gasteiger partial charge in [-0.25, -0.2) is 9.78 Å². The van der Waals surface area contributed by atoms with Crippen molar-refractivity contribution in [2.75, 3.05) is 6.61 Å². The van der Waals surface area contributed by atoms with Crippen molar-refractivity contribution in [3.8, 4) is 0 Å². The molecular weight excluding hydrogens is 342 g/mol. The molecule has 0 radical (unpaired) electrons. The van der Waals surface area contributed by atoms with Gasteiger partial charge in [0, 0.05) is 6.20 Å². The van der Waals surface area contributed by atoms with Crippen molar-refractivity contribution < 1.29 is 9.53 Å². The van der Waals surface area contributed by atoms with Crippen LogP contribution in [0.5, 0.6) is 0 Å². The number of aromatic nitrogens is 2. The molecule has 0 aliphatic heterocycles. The molecule has 0 aliphatic rings. The Bertz CT molecular complexity index is 553. The molecule has 0 fully saturated rings. The van der Waals surface area contributed by atoms with Crippen LogP contribution in [0.2, 0.25) is 5.02 Å². The lowest BCUT2D eigenvalue weighted by Gasteiger charge is -1.98. The first-order valence-electron chi connectivity index (χ1n) is 4.63. The number of nitrogens with zero attached hydrogens (tertiary/aromatic N) is 2. The number of pyridine rings is 1. The van der Waals surface area contributed by atoms with Crippen molar-refractivity contribution in [1.29, 1.82) is 0 Å². The summed E-state index contributed by atoms with van der Waals surface area (Å²) in [6.07, 6.45) is 1.72. The fourth-order valence-electron chi connectivity index (χ4n) is 1.32. The molecule has 0 aromatic carbocycles. The smallest absolute Gasteiger partial charge is 0.359 e. The number of fused-ring (bicyclic) bond motifs is 1. The number of rotatable bonds is 2. The molecular formula is C10H8ClIN2O2. The quantitative estimate of drug-likeness (QED) is 0.618. The van der Waals surface area contributed by atoms with Gasteiger partial charge >= 0.3 is 5.97 Å². The number of esters is 1. The van der Waals surface area contributed by atoms with Crippen LogP contribution >= 0.6 is 34.2 Å². The van der Waals surface area contributed by atoms with Crippen LogP contribution in [0.4, 0.5) is 0 Å². The maximum atomic E-state index is 11.6. The first-order chi connectivity index (χ1) is 7.63. The molecule has 0 saturated carbocycles. The summed E-state index contributed by atoms with van der Waals surface area (Å²) in [4.78, 5) is 15.8. The molecule has 0 unspecified atom stereocenters. The molecule has 84 valence electrons. The second-order valence-corrected chi connectivity index (χ2v) is 4.51. The lowest BCUT2D eigenvalue weighted by Crippen LogP contribution is -2.06. The predicted octanol–water partition coefficient (Wildman–Crippen LogP) is 2.77. The van der Waals surface area contributed by atoms with E-state index in [1.54, 1.807) is 29.7 Å². The summed E-state index contributed by atoms with van der Waals surface area (Å²) in [5, 5.41) is 0.596. The number of hydrogen-bond donors (Lipinski definition) is 0. The van der Waals surface area contributed by atoms with E-state index >= 15 is 0 Å². The largest absolute Gasteiger partial charge is 0.461 e. The fraction of sp³-hybridized carbons (Fsp3) is 0.200. The Labute approximate surface area is 111 Å². The van der Waals surface area contributed by atoms with Crippen molar-refractivity contribution >= 4 is 45.8 Å². The molecule has 0 N–H and O–H groups in total. The summed E-state index contributed by atoms with van der Waals surface area (Å²) in [6, 6.07) is 3.49. The van der Waals surface area contributed by atoms with Crippen molar-refractivity contribution in [2.24, 2.45) is 0 Å². The maximum absolute atomic E-state index is 11.6. The minimum absolute atomic E-state index is 0.324. The van der Waals surface area contributed by atoms with Gasteiger partial charge < -0.3 is 4.74 Å². The van der Waals surface area contributed by atoms with Crippen LogP contribution in [0.1, 0.15) is 17.4 Å². The Balaban J connectivity index is 2.56. The van der Waals surface area contributed by atoms with E-state index in [0.29, 0.717) is 26.7 Å². The first kappa shape index (κ1) is 11.7. The standard InChI is InChI=1S/C10H8ClIN2O2/c1-2-16-10(15)8-9(12)14-5-6(11)3-4-7(14)13-8/h3-5H,2H2,1H3. The van der Waals surface area contributed by atoms with E-state index in [9.17, 15) is 4.79 Å². The van der Waals surface area contributed by atoms with Crippen LogP contribution in [0.3, 0.4) is 0 Å². The Kier molecular flexibility index (Phi) is 3.34. The molecule has 2 aromatic rings. The average molecular weight is 351 g/mol. The second-order valence-electron chi connectivity index (χ2n) is 3.05. The average Bonchev–Trinajstić information content (AvgIpc) is 2.57. The highest BCUT2D eigenvalue weighted by Gasteiger charge is 2.17. The van der Waals surface area contributed by atoms with Crippen LogP contribution in [-0.2, 0) is 4.74 Å². The normalized spacial score (nSPS) is 10.7. The highest BCUT2D eigenvalue weighted by molar-refractivity contribution is 14.1. The van der Waals surface area contributed by atoms with Crippen LogP contribution in [0.15, 0.2) is 18.3 Å². The number of carbonyl (C=O) groups excluding carboxylic acids is 1. The van der Waals surface area contributed by atoms with E-state index < -0.39 is 5.97 Å². The molecule has 4 nitrogen and oxygen atoms in total. The monoisotopic (exact) mass is 350 g/mol. The lowest BCUT2D eigenvalue weighted by atomic mass is 10.5. The molecule has 2 aromatic heterocycles. The van der Waals surface area contributed by atoms with Gasteiger partial charge in [-0.1, -0.05) is 11.6 Å². The Hall–Kier alpha value is -0.820. The van der Waals surface area contributed by atoms with Crippen LogP contribution < -0.4 is 0 Å². The first-order valence-corrected chi connectivity index (χ1v) is 6.09. The predicted molar refractivity (Wildman–Crippen MR) is 68.9 cm³/mol. The van der Waals surface area contributed by atoms with E-state index in [2.05, 4.69) is 4.98 Å². The molecule has 0 amide bonds. The van der Waals surface area contributed by atoms with Gasteiger partial charge in [0.25, 0.3) is 0 Å². The van der Waals surface area contributed by atoms with Crippen LogP contribution in [0.25, 0.3) is 5.65 Å². The van der Waals surface area contributed by atoms with E-state index in [-0.39, 0.29) is 0 Å². The van der Waals surface area contributed by atoms with Gasteiger partial charge in [0.2, 0.25) is 0 Å². The molecule has 0 aliphatic carbocycles. The van der Waals surface area contributed by atoms with E-state index in [1.165, 1.54) is 0 Å². The number of hydrogen-bond acceptors (Lipinski definition) is 3. The summed E-state index contributed by atoms with van der Waals surface area (Å²) in [7, 11) is 0. The third kappa shape index (κ3) is 2.01. The van der Waals surface area contributed by atoms with Crippen molar-refractivity contribution in [1.82, 2.24) is 9.38 Å². The Morgan fingerprint density at radius 1 is 1.62 bits per heavy atom. The van der Waals surface area contributed by atoms with Gasteiger partial charge in [-0.3, -0.25) is 4.40 Å². The third-order valence-electron chi connectivity index (χ3n) is 1.99. The fourth-order valence-corrected chi connectivity index (χ4v) is 2.21. The van der Waals surface area contributed by atoms with Crippen LogP contribution in [-0.4, -0.2) is 22.0 Å². The molecule has 2 heterocycles. The number of halogens is 2. The molecule has 0 saturated heterocycles. The number of carbonyl (C=O) groups is 1. The summed E-state index contributed by atoms with van der Waals surface area (Å²) in [6.45, 7) is 2.10. The number of ether oxygens (including phenoxy) is 1. The summed E-state index contributed by atoms with van der Waals surface area (Å²) in [5.41, 5.74) is 1.00. The molecule has 16 heavy (non-hydrogen) atoms. The molecule has 2 rings (SSSR count). The highest BCUT2D eigenvalue weighted by Crippen LogP contribution is 2.18. The van der Waals surface area contributed by atoms with E-state index in [1.807, 2.05) is 22.6 Å². The summed E-state index contributed by atoms with van der Waals surface area (Å²) in [5.74, 6) is -0.410. The zero-order valence-corrected chi connectivity index (χ0v) is 11.3. The Morgan fingerprint density at radius 2 is 2.38 bits per heavy atom. The molecule has 0 spiro atoms. The lowest BCUT2D eigenvalue weighted by molar-refractivity contribution is 0.0519. The van der Waals surface area contributed by atoms with Crippen molar-refractivity contribution in [3.63, 3.8) is 0 Å². The van der Waals surface area contributed by atoms with Gasteiger partial charge in [-0.15, -0.1) is 0 Å². The molecule has 0 atom stereocenters. The third-order valence-corrected chi connectivity index (χ3v) is 3.25. The van der Waals surface area contributed by atoms with E-state index in [0.717, 1.165) is 0 Å². The topological polar surface area (TPSA) is 43.6 Å². The minimum Gasteiger partial charge on any atom is -0.461 e. The second kappa shape index (κ2) is 4.58. The zero-order chi connectivity index (χ0) is 11.7. The summed E-state index contributed by atoms with van der Waals surface area (Å²) < 4.78 is 7.38. The molecule has 0 bridgehead atoms. The van der Waals surface area contributed by atoms with Gasteiger partial charge in [-0.2, -0.15) is 0 Å². The SMILES string of the molecule is CCOC(=O)c1nc2ccc(Cl)cn2c1I. The Morgan fingerprint density at radius 3 is 3.06 bits per heavy atom.